The minimum Gasteiger partial charge on any atom is -0.208 e. The van der Waals surface area contributed by atoms with Gasteiger partial charge in [-0.3, -0.25) is 0 Å². The molecule has 378 valence electrons. The van der Waals surface area contributed by atoms with Gasteiger partial charge in [0.2, 0.25) is 0 Å². The Labute approximate surface area is 470 Å². The van der Waals surface area contributed by atoms with Crippen molar-refractivity contribution in [3.63, 3.8) is 0 Å². The molecular formula is C75H48N6. The van der Waals surface area contributed by atoms with Gasteiger partial charge in [-0.15, -0.1) is 0 Å². The summed E-state index contributed by atoms with van der Waals surface area (Å²) >= 11 is 0. The summed E-state index contributed by atoms with van der Waals surface area (Å²) in [5.41, 5.74) is 22.6. The number of hydrogen-bond donors (Lipinski definition) is 0. The van der Waals surface area contributed by atoms with Gasteiger partial charge in [0.15, 0.2) is 34.9 Å². The van der Waals surface area contributed by atoms with Gasteiger partial charge < -0.3 is 0 Å². The van der Waals surface area contributed by atoms with Crippen LogP contribution in [0.25, 0.3) is 90.6 Å². The van der Waals surface area contributed by atoms with Crippen LogP contribution in [0.2, 0.25) is 0 Å². The van der Waals surface area contributed by atoms with Crippen LogP contribution in [-0.2, 0) is 5.41 Å². The Kier molecular flexibility index (Phi) is 10.8. The van der Waals surface area contributed by atoms with Crippen molar-refractivity contribution in [2.45, 2.75) is 17.3 Å². The van der Waals surface area contributed by atoms with Crippen molar-refractivity contribution >= 4 is 0 Å². The van der Waals surface area contributed by atoms with Gasteiger partial charge in [0.1, 0.15) is 0 Å². The summed E-state index contributed by atoms with van der Waals surface area (Å²) in [6.07, 6.45) is 0. The van der Waals surface area contributed by atoms with Gasteiger partial charge in [-0.2, -0.15) is 0 Å². The molecule has 0 fully saturated rings. The molecule has 4 aliphatic carbocycles. The second-order valence-electron chi connectivity index (χ2n) is 21.2. The number of fused-ring (bicyclic) bond motifs is 3. The zero-order valence-electron chi connectivity index (χ0n) is 43.9. The molecule has 0 radical (unpaired) electrons. The highest BCUT2D eigenvalue weighted by molar-refractivity contribution is 5.96. The van der Waals surface area contributed by atoms with Gasteiger partial charge in [0.25, 0.3) is 0 Å². The first-order valence-electron chi connectivity index (χ1n) is 27.7. The van der Waals surface area contributed by atoms with Gasteiger partial charge in [-0.25, -0.2) is 29.9 Å². The first kappa shape index (κ1) is 46.5. The van der Waals surface area contributed by atoms with Crippen molar-refractivity contribution in [1.29, 1.82) is 0 Å². The lowest BCUT2D eigenvalue weighted by Crippen LogP contribution is -2.28. The van der Waals surface area contributed by atoms with E-state index in [2.05, 4.69) is 224 Å². The minimum absolute atomic E-state index is 0.00251. The van der Waals surface area contributed by atoms with Gasteiger partial charge in [0.05, 0.1) is 5.41 Å². The highest BCUT2D eigenvalue weighted by atomic mass is 15.0. The fraction of sp³-hybridized carbons (Fsp3) is 0.0400. The maximum Gasteiger partial charge on any atom is 0.164 e. The molecule has 0 spiro atoms. The molecule has 4 aliphatic rings. The van der Waals surface area contributed by atoms with E-state index in [1.807, 2.05) is 54.6 Å². The predicted molar refractivity (Wildman–Crippen MR) is 323 cm³/mol. The number of benzene rings is 11. The van der Waals surface area contributed by atoms with E-state index < -0.39 is 5.41 Å². The summed E-state index contributed by atoms with van der Waals surface area (Å²) in [7, 11) is 0. The third-order valence-corrected chi connectivity index (χ3v) is 16.8. The van der Waals surface area contributed by atoms with Crippen molar-refractivity contribution in [2.24, 2.45) is 0 Å². The second-order valence-corrected chi connectivity index (χ2v) is 21.2. The van der Waals surface area contributed by atoms with Crippen LogP contribution in [0.4, 0.5) is 0 Å². The molecular weight excluding hydrogens is 985 g/mol. The Bertz CT molecular complexity index is 4490. The lowest BCUT2D eigenvalue weighted by atomic mass is 9.61. The van der Waals surface area contributed by atoms with E-state index in [0.717, 1.165) is 44.5 Å². The second kappa shape index (κ2) is 18.8. The number of rotatable bonds is 9. The molecule has 13 aromatic rings. The molecule has 0 saturated carbocycles. The number of nitrogens with zero attached hydrogens (tertiary/aromatic N) is 6. The normalized spacial score (nSPS) is 14.8. The van der Waals surface area contributed by atoms with Crippen LogP contribution in [0.15, 0.2) is 279 Å². The van der Waals surface area contributed by atoms with Crippen molar-refractivity contribution in [1.82, 2.24) is 29.9 Å². The fourth-order valence-electron chi connectivity index (χ4n) is 13.3. The minimum atomic E-state index is -0.507. The van der Waals surface area contributed by atoms with Crippen LogP contribution in [0, 0.1) is 0 Å². The van der Waals surface area contributed by atoms with Crippen LogP contribution in [0.1, 0.15) is 67.5 Å². The van der Waals surface area contributed by atoms with Gasteiger partial charge in [-0.1, -0.05) is 261 Å². The van der Waals surface area contributed by atoms with E-state index in [-0.39, 0.29) is 11.8 Å². The van der Waals surface area contributed by atoms with E-state index in [1.165, 1.54) is 66.8 Å². The highest BCUT2D eigenvalue weighted by Crippen LogP contribution is 2.59. The summed E-state index contributed by atoms with van der Waals surface area (Å²) in [5, 5.41) is 0. The maximum atomic E-state index is 5.41. The van der Waals surface area contributed by atoms with Crippen LogP contribution in [-0.4, -0.2) is 29.9 Å². The van der Waals surface area contributed by atoms with E-state index >= 15 is 0 Å². The first-order valence-corrected chi connectivity index (χ1v) is 27.7. The molecule has 81 heavy (non-hydrogen) atoms. The molecule has 0 N–H and O–H groups in total. The first-order chi connectivity index (χ1) is 40.2. The lowest BCUT2D eigenvalue weighted by molar-refractivity contribution is 0.754. The monoisotopic (exact) mass is 1030 g/mol. The molecule has 2 bridgehead atoms. The zero-order valence-corrected chi connectivity index (χ0v) is 43.9. The van der Waals surface area contributed by atoms with Crippen LogP contribution >= 0.6 is 0 Å². The van der Waals surface area contributed by atoms with Crippen LogP contribution < -0.4 is 0 Å². The maximum absolute atomic E-state index is 5.41. The topological polar surface area (TPSA) is 77.3 Å². The largest absolute Gasteiger partial charge is 0.208 e. The van der Waals surface area contributed by atoms with E-state index in [0.29, 0.717) is 34.9 Å². The molecule has 2 aromatic heterocycles. The van der Waals surface area contributed by atoms with Crippen LogP contribution in [0.3, 0.4) is 0 Å². The fourth-order valence-corrected chi connectivity index (χ4v) is 13.3. The third-order valence-electron chi connectivity index (χ3n) is 16.8. The summed E-state index contributed by atoms with van der Waals surface area (Å²) < 4.78 is 0. The van der Waals surface area contributed by atoms with Gasteiger partial charge in [0, 0.05) is 45.2 Å². The van der Waals surface area contributed by atoms with Crippen LogP contribution in [0.5, 0.6) is 0 Å². The van der Waals surface area contributed by atoms with Gasteiger partial charge >= 0.3 is 0 Å². The summed E-state index contributed by atoms with van der Waals surface area (Å²) in [6, 6.07) is 99.6. The number of aromatic nitrogens is 6. The molecule has 17 rings (SSSR count). The number of hydrogen-bond acceptors (Lipinski definition) is 6. The summed E-state index contributed by atoms with van der Waals surface area (Å²) in [5.74, 6) is 3.80. The SMILES string of the molecule is c1ccc(-c2nc(-c3ccccc3)nc(-c3ccc4c(c3)C3c5ccccc5C4c4cc(-c5nc(-c6ccccc6)nc(-c6cccc(-c7cccc8c7-c7ccccc7C8(c7ccccc7)c7ccccc7)c6)n5)ccc43)n2)cc1. The zero-order chi connectivity index (χ0) is 53.4. The van der Waals surface area contributed by atoms with E-state index in [9.17, 15) is 0 Å². The quantitative estimate of drug-likeness (QED) is 0.143. The molecule has 0 aliphatic heterocycles. The van der Waals surface area contributed by atoms with E-state index in [4.69, 9.17) is 29.9 Å². The highest BCUT2D eigenvalue weighted by Gasteiger charge is 2.47. The molecule has 0 saturated heterocycles. The third kappa shape index (κ3) is 7.48. The van der Waals surface area contributed by atoms with Crippen molar-refractivity contribution in [3.8, 4) is 90.6 Å². The molecule has 11 aromatic carbocycles. The van der Waals surface area contributed by atoms with Crippen molar-refractivity contribution < 1.29 is 0 Å². The standard InChI is InChI=1S/C75H48N6/c1-6-22-47(23-7-1)69-76-70(48-24-8-2-9-25-48)79-73(78-69)52-40-42-59-62(45-52)66-57-34-16-17-35-58(57)67(59)63-46-53(41-43-60(63)66)74-80-71(49-26-10-3-11-27-49)77-72(81-74)51-29-20-28-50(44-51)56-37-21-39-65-68(56)61-36-18-19-38-64(61)75(65,54-30-12-4-13-31-54)55-32-14-5-15-33-55/h1-46,66-67H. The Morgan fingerprint density at radius 2 is 0.556 bits per heavy atom. The summed E-state index contributed by atoms with van der Waals surface area (Å²) in [4.78, 5) is 31.2. The van der Waals surface area contributed by atoms with E-state index in [1.54, 1.807) is 0 Å². The molecule has 2 unspecified atom stereocenters. The van der Waals surface area contributed by atoms with Crippen molar-refractivity contribution in [2.75, 3.05) is 0 Å². The smallest absolute Gasteiger partial charge is 0.164 e. The molecule has 2 heterocycles. The molecule has 0 amide bonds. The Hall–Kier alpha value is -10.6. The predicted octanol–water partition coefficient (Wildman–Crippen LogP) is 17.1. The Morgan fingerprint density at radius 1 is 0.222 bits per heavy atom. The molecule has 2 atom stereocenters. The Morgan fingerprint density at radius 3 is 1.04 bits per heavy atom. The average Bonchev–Trinajstić information content (AvgIpc) is 3.42. The van der Waals surface area contributed by atoms with Crippen molar-refractivity contribution in [3.05, 3.63) is 335 Å². The molecule has 6 nitrogen and oxygen atoms in total. The lowest BCUT2D eigenvalue weighted by Gasteiger charge is -2.42. The Balaban J connectivity index is 0.812. The molecule has 6 heteroatoms. The summed E-state index contributed by atoms with van der Waals surface area (Å²) in [6.45, 7) is 0. The van der Waals surface area contributed by atoms with Gasteiger partial charge in [-0.05, 0) is 96.1 Å². The average molecular weight is 1030 g/mol.